The Kier molecular flexibility index (Phi) is 6.65. The summed E-state index contributed by atoms with van der Waals surface area (Å²) < 4.78 is 31.4. The molecular formula is C6H15NaO3SSi. The van der Waals surface area contributed by atoms with Gasteiger partial charge >= 0.3 is 29.6 Å². The monoisotopic (exact) mass is 218 g/mol. The van der Waals surface area contributed by atoms with Gasteiger partial charge in [0.25, 0.3) is 0 Å². The first-order chi connectivity index (χ1) is 4.63. The van der Waals surface area contributed by atoms with Crippen LogP contribution in [0, 0.1) is 0 Å². The third kappa shape index (κ3) is 7.76. The van der Waals surface area contributed by atoms with Crippen molar-refractivity contribution in [1.29, 1.82) is 0 Å². The van der Waals surface area contributed by atoms with Crippen molar-refractivity contribution in [3.8, 4) is 0 Å². The van der Waals surface area contributed by atoms with Gasteiger partial charge in [0, 0.05) is 13.3 Å². The normalized spacial score (nSPS) is 15.1. The summed E-state index contributed by atoms with van der Waals surface area (Å²) in [5.74, 6) is 0. The van der Waals surface area contributed by atoms with E-state index in [1.54, 1.807) is 0 Å². The van der Waals surface area contributed by atoms with Gasteiger partial charge in [-0.25, -0.2) is 8.42 Å². The fourth-order valence-electron chi connectivity index (χ4n) is 0.964. The molecule has 0 aromatic carbocycles. The maximum Gasteiger partial charge on any atom is 1.00 e. The van der Waals surface area contributed by atoms with Crippen LogP contribution in [-0.2, 0) is 10.1 Å². The molecule has 68 valence electrons. The smallest absolute Gasteiger partial charge is 0.748 e. The third-order valence-corrected chi connectivity index (χ3v) is 4.68. The van der Waals surface area contributed by atoms with Crippen molar-refractivity contribution in [3.63, 3.8) is 0 Å². The van der Waals surface area contributed by atoms with Crippen molar-refractivity contribution in [2.24, 2.45) is 0 Å². The molecule has 0 N–H and O–H groups in total. The van der Waals surface area contributed by atoms with Crippen LogP contribution >= 0.6 is 0 Å². The Hall–Kier alpha value is 1.13. The van der Waals surface area contributed by atoms with Crippen LogP contribution < -0.4 is 29.6 Å². The van der Waals surface area contributed by atoms with Crippen molar-refractivity contribution < 1.29 is 42.5 Å². The standard InChI is InChI=1S/C6H16O3SSi.Na/c1-6(10(7,8)9)5-11(2,3)4;/h6H,5H2,1-4H3,(H,7,8,9);/q;+1/p-1. The number of rotatable bonds is 3. The molecule has 0 aromatic heterocycles. The van der Waals surface area contributed by atoms with Gasteiger partial charge in [-0.1, -0.05) is 19.6 Å². The van der Waals surface area contributed by atoms with Gasteiger partial charge in [-0.15, -0.1) is 0 Å². The number of hydrogen-bond acceptors (Lipinski definition) is 3. The van der Waals surface area contributed by atoms with E-state index in [1.807, 2.05) is 0 Å². The molecule has 0 amide bonds. The van der Waals surface area contributed by atoms with Gasteiger partial charge in [0.2, 0.25) is 0 Å². The Morgan fingerprint density at radius 2 is 1.67 bits per heavy atom. The zero-order valence-electron chi connectivity index (χ0n) is 8.42. The van der Waals surface area contributed by atoms with E-state index < -0.39 is 23.4 Å². The minimum Gasteiger partial charge on any atom is -0.748 e. The van der Waals surface area contributed by atoms with E-state index in [-0.39, 0.29) is 29.6 Å². The summed E-state index contributed by atoms with van der Waals surface area (Å²) in [6.45, 7) is 7.64. The zero-order valence-corrected chi connectivity index (χ0v) is 12.2. The molecule has 0 aliphatic carbocycles. The van der Waals surface area contributed by atoms with E-state index in [0.717, 1.165) is 0 Å². The number of hydrogen-bond donors (Lipinski definition) is 0. The molecule has 0 bridgehead atoms. The largest absolute Gasteiger partial charge is 1.00 e. The van der Waals surface area contributed by atoms with Crippen LogP contribution in [0.25, 0.3) is 0 Å². The van der Waals surface area contributed by atoms with Crippen LogP contribution in [0.5, 0.6) is 0 Å². The molecule has 0 aromatic rings. The van der Waals surface area contributed by atoms with Gasteiger partial charge in [0.05, 0.1) is 10.1 Å². The van der Waals surface area contributed by atoms with Crippen LogP contribution in [0.4, 0.5) is 0 Å². The maximum atomic E-state index is 10.5. The third-order valence-electron chi connectivity index (χ3n) is 1.39. The molecule has 0 rings (SSSR count). The molecular weight excluding hydrogens is 203 g/mol. The fourth-order valence-corrected chi connectivity index (χ4v) is 5.01. The molecule has 0 heterocycles. The van der Waals surface area contributed by atoms with E-state index >= 15 is 0 Å². The summed E-state index contributed by atoms with van der Waals surface area (Å²) >= 11 is 0. The Balaban J connectivity index is 0. The molecule has 0 fully saturated rings. The van der Waals surface area contributed by atoms with Crippen LogP contribution in [0.1, 0.15) is 6.92 Å². The average molecular weight is 218 g/mol. The molecule has 0 aliphatic heterocycles. The summed E-state index contributed by atoms with van der Waals surface area (Å²) in [5, 5.41) is -0.714. The van der Waals surface area contributed by atoms with Crippen LogP contribution in [-0.4, -0.2) is 26.3 Å². The quantitative estimate of drug-likeness (QED) is 0.417. The van der Waals surface area contributed by atoms with Crippen molar-refractivity contribution >= 4 is 18.2 Å². The van der Waals surface area contributed by atoms with E-state index in [4.69, 9.17) is 0 Å². The van der Waals surface area contributed by atoms with Gasteiger partial charge in [0.15, 0.2) is 0 Å². The second-order valence-electron chi connectivity index (χ2n) is 4.07. The molecule has 0 saturated heterocycles. The average Bonchev–Trinajstić information content (AvgIpc) is 1.56. The predicted octanol–water partition coefficient (Wildman–Crippen LogP) is -1.74. The van der Waals surface area contributed by atoms with Crippen molar-refractivity contribution in [2.75, 3.05) is 0 Å². The Labute approximate surface area is 98.0 Å². The van der Waals surface area contributed by atoms with Crippen molar-refractivity contribution in [3.05, 3.63) is 0 Å². The molecule has 12 heavy (non-hydrogen) atoms. The van der Waals surface area contributed by atoms with Gasteiger partial charge in [0.1, 0.15) is 0 Å². The molecule has 0 aliphatic rings. The van der Waals surface area contributed by atoms with Gasteiger partial charge in [-0.05, 0) is 13.0 Å². The van der Waals surface area contributed by atoms with Crippen molar-refractivity contribution in [1.82, 2.24) is 0 Å². The first-order valence-corrected chi connectivity index (χ1v) is 8.75. The summed E-state index contributed by atoms with van der Waals surface area (Å²) in [7, 11) is -5.46. The molecule has 3 nitrogen and oxygen atoms in total. The van der Waals surface area contributed by atoms with E-state index in [0.29, 0.717) is 6.04 Å². The molecule has 0 saturated carbocycles. The van der Waals surface area contributed by atoms with E-state index in [2.05, 4.69) is 19.6 Å². The Bertz CT molecular complexity index is 219. The second-order valence-corrected chi connectivity index (χ2v) is 11.4. The second kappa shape index (κ2) is 5.12. The Morgan fingerprint density at radius 1 is 1.33 bits per heavy atom. The van der Waals surface area contributed by atoms with Crippen LogP contribution in [0.2, 0.25) is 25.7 Å². The Morgan fingerprint density at radius 3 is 1.75 bits per heavy atom. The molecule has 1 atom stereocenters. The first-order valence-electron chi connectivity index (χ1n) is 3.57. The molecule has 0 spiro atoms. The van der Waals surface area contributed by atoms with E-state index in [1.165, 1.54) is 6.92 Å². The topological polar surface area (TPSA) is 57.2 Å². The maximum absolute atomic E-state index is 10.5. The molecule has 0 radical (unpaired) electrons. The molecule has 1 unspecified atom stereocenters. The minimum atomic E-state index is -4.05. The summed E-state index contributed by atoms with van der Waals surface area (Å²) in [4.78, 5) is 0. The van der Waals surface area contributed by atoms with Crippen molar-refractivity contribution in [2.45, 2.75) is 37.9 Å². The first kappa shape index (κ1) is 15.6. The minimum absolute atomic E-state index is 0. The summed E-state index contributed by atoms with van der Waals surface area (Å²) in [6.07, 6.45) is 0. The van der Waals surface area contributed by atoms with E-state index in [9.17, 15) is 13.0 Å². The summed E-state index contributed by atoms with van der Waals surface area (Å²) in [5.41, 5.74) is 0. The molecule has 6 heteroatoms. The van der Waals surface area contributed by atoms with Crippen LogP contribution in [0.3, 0.4) is 0 Å². The zero-order chi connectivity index (χ0) is 9.28. The van der Waals surface area contributed by atoms with Gasteiger partial charge in [-0.3, -0.25) is 0 Å². The van der Waals surface area contributed by atoms with Gasteiger partial charge < -0.3 is 4.55 Å². The van der Waals surface area contributed by atoms with Gasteiger partial charge in [-0.2, -0.15) is 0 Å². The SMILES string of the molecule is CC(C[Si](C)(C)C)S(=O)(=O)[O-].[Na+]. The fraction of sp³-hybridized carbons (Fsp3) is 1.00. The summed E-state index contributed by atoms with van der Waals surface area (Å²) in [6, 6.07) is 0.554. The predicted molar refractivity (Wildman–Crippen MR) is 47.3 cm³/mol. The van der Waals surface area contributed by atoms with Crippen LogP contribution in [0.15, 0.2) is 0 Å².